The molecule has 2 N–H and O–H groups in total. The predicted molar refractivity (Wildman–Crippen MR) is 99.6 cm³/mol. The molecule has 0 aliphatic rings. The number of benzene rings is 2. The molecule has 3 heteroatoms. The van der Waals surface area contributed by atoms with Crippen LogP contribution in [0.4, 0.5) is 5.69 Å². The highest BCUT2D eigenvalue weighted by molar-refractivity contribution is 7.99. The van der Waals surface area contributed by atoms with E-state index in [4.69, 9.17) is 5.73 Å². The first kappa shape index (κ1) is 16.9. The molecule has 0 radical (unpaired) electrons. The second-order valence-corrected chi connectivity index (χ2v) is 7.26. The minimum atomic E-state index is 0.293. The predicted octanol–water partition coefficient (Wildman–Crippen LogP) is 4.27. The highest BCUT2D eigenvalue weighted by Crippen LogP contribution is 2.40. The summed E-state index contributed by atoms with van der Waals surface area (Å²) in [6.45, 7) is 5.38. The van der Waals surface area contributed by atoms with Crippen LogP contribution >= 0.6 is 11.8 Å². The molecule has 1 atom stereocenters. The van der Waals surface area contributed by atoms with E-state index in [0.717, 1.165) is 18.0 Å². The first-order chi connectivity index (χ1) is 10.5. The van der Waals surface area contributed by atoms with Gasteiger partial charge in [0.2, 0.25) is 0 Å². The summed E-state index contributed by atoms with van der Waals surface area (Å²) in [7, 11) is 4.23. The zero-order chi connectivity index (χ0) is 16.1. The lowest BCUT2D eigenvalue weighted by Gasteiger charge is -2.22. The molecule has 0 aliphatic heterocycles. The first-order valence-corrected chi connectivity index (χ1v) is 8.72. The Labute approximate surface area is 138 Å². The third kappa shape index (κ3) is 4.28. The maximum absolute atomic E-state index is 6.29. The van der Waals surface area contributed by atoms with Crippen LogP contribution < -0.4 is 5.73 Å². The largest absolute Gasteiger partial charge is 0.398 e. The van der Waals surface area contributed by atoms with Crippen LogP contribution in [-0.4, -0.2) is 31.3 Å². The van der Waals surface area contributed by atoms with Crippen molar-refractivity contribution in [2.24, 2.45) is 0 Å². The third-order valence-corrected chi connectivity index (χ3v) is 5.08. The lowest BCUT2D eigenvalue weighted by atomic mass is 9.97. The lowest BCUT2D eigenvalue weighted by Crippen LogP contribution is -2.16. The molecule has 0 spiro atoms. The van der Waals surface area contributed by atoms with Crippen molar-refractivity contribution < 1.29 is 0 Å². The fourth-order valence-corrected chi connectivity index (χ4v) is 4.04. The van der Waals surface area contributed by atoms with Gasteiger partial charge < -0.3 is 10.6 Å². The van der Waals surface area contributed by atoms with Crippen LogP contribution in [0.15, 0.2) is 42.5 Å². The van der Waals surface area contributed by atoms with Gasteiger partial charge in [0.1, 0.15) is 0 Å². The van der Waals surface area contributed by atoms with E-state index >= 15 is 0 Å². The van der Waals surface area contributed by atoms with E-state index in [0.29, 0.717) is 5.25 Å². The van der Waals surface area contributed by atoms with Crippen molar-refractivity contribution in [1.29, 1.82) is 0 Å². The summed E-state index contributed by atoms with van der Waals surface area (Å²) in [6.07, 6.45) is 0. The standard InChI is InChI=1S/C19H26N2S/c1-14-9-10-18(20)17(13-14)19(22-12-11-21(3)4)16-8-6-5-7-15(16)2/h5-10,13,19H,11-12,20H2,1-4H3. The molecule has 2 nitrogen and oxygen atoms in total. The monoisotopic (exact) mass is 314 g/mol. The van der Waals surface area contributed by atoms with Gasteiger partial charge in [0, 0.05) is 18.0 Å². The van der Waals surface area contributed by atoms with Crippen molar-refractivity contribution in [2.45, 2.75) is 19.1 Å². The molecule has 0 aromatic heterocycles. The van der Waals surface area contributed by atoms with E-state index in [2.05, 4.69) is 69.2 Å². The van der Waals surface area contributed by atoms with Gasteiger partial charge in [-0.3, -0.25) is 0 Å². The zero-order valence-corrected chi connectivity index (χ0v) is 14.8. The maximum atomic E-state index is 6.29. The van der Waals surface area contributed by atoms with Gasteiger partial charge in [-0.15, -0.1) is 11.8 Å². The molecule has 2 aromatic rings. The van der Waals surface area contributed by atoms with Crippen LogP contribution in [0.3, 0.4) is 0 Å². The Morgan fingerprint density at radius 3 is 2.45 bits per heavy atom. The summed E-state index contributed by atoms with van der Waals surface area (Å²) in [5.74, 6) is 1.08. The van der Waals surface area contributed by atoms with Crippen LogP contribution in [0.5, 0.6) is 0 Å². The van der Waals surface area contributed by atoms with Crippen molar-refractivity contribution in [3.05, 3.63) is 64.7 Å². The van der Waals surface area contributed by atoms with E-state index in [1.54, 1.807) is 0 Å². The summed E-state index contributed by atoms with van der Waals surface area (Å²) < 4.78 is 0. The Morgan fingerprint density at radius 1 is 1.05 bits per heavy atom. The number of hydrogen-bond acceptors (Lipinski definition) is 3. The summed E-state index contributed by atoms with van der Waals surface area (Å²) in [5, 5.41) is 0.293. The average molecular weight is 314 g/mol. The van der Waals surface area contributed by atoms with Crippen molar-refractivity contribution in [1.82, 2.24) is 4.90 Å². The Balaban J connectivity index is 2.37. The molecule has 22 heavy (non-hydrogen) atoms. The number of rotatable bonds is 6. The normalized spacial score (nSPS) is 12.6. The molecule has 0 saturated carbocycles. The lowest BCUT2D eigenvalue weighted by molar-refractivity contribution is 0.437. The summed E-state index contributed by atoms with van der Waals surface area (Å²) >= 11 is 1.97. The van der Waals surface area contributed by atoms with E-state index in [9.17, 15) is 0 Å². The molecule has 118 valence electrons. The summed E-state index contributed by atoms with van der Waals surface area (Å²) in [5.41, 5.74) is 12.4. The topological polar surface area (TPSA) is 29.3 Å². The Hall–Kier alpha value is -1.45. The van der Waals surface area contributed by atoms with Crippen LogP contribution in [0.25, 0.3) is 0 Å². The summed E-state index contributed by atoms with van der Waals surface area (Å²) in [6, 6.07) is 15.0. The molecular weight excluding hydrogens is 288 g/mol. The number of thioether (sulfide) groups is 1. The first-order valence-electron chi connectivity index (χ1n) is 7.67. The maximum Gasteiger partial charge on any atom is 0.0570 e. The number of hydrogen-bond donors (Lipinski definition) is 1. The van der Waals surface area contributed by atoms with Gasteiger partial charge in [-0.25, -0.2) is 0 Å². The van der Waals surface area contributed by atoms with Gasteiger partial charge in [0.15, 0.2) is 0 Å². The SMILES string of the molecule is Cc1ccc(N)c(C(SCCN(C)C)c2ccccc2C)c1. The smallest absolute Gasteiger partial charge is 0.0570 e. The molecular formula is C19H26N2S. The number of anilines is 1. The van der Waals surface area contributed by atoms with Crippen molar-refractivity contribution >= 4 is 17.4 Å². The quantitative estimate of drug-likeness (QED) is 0.807. The zero-order valence-electron chi connectivity index (χ0n) is 14.0. The van der Waals surface area contributed by atoms with Gasteiger partial charge in [0.25, 0.3) is 0 Å². The minimum Gasteiger partial charge on any atom is -0.398 e. The van der Waals surface area contributed by atoms with E-state index in [1.807, 2.05) is 17.8 Å². The van der Waals surface area contributed by atoms with Gasteiger partial charge in [-0.05, 0) is 50.7 Å². The highest BCUT2D eigenvalue weighted by Gasteiger charge is 2.19. The Bertz CT molecular complexity index is 623. The fourth-order valence-electron chi connectivity index (χ4n) is 2.50. The second-order valence-electron chi connectivity index (χ2n) is 6.04. The molecule has 2 rings (SSSR count). The molecule has 0 aliphatic carbocycles. The number of aryl methyl sites for hydroxylation is 2. The van der Waals surface area contributed by atoms with Gasteiger partial charge in [0.05, 0.1) is 5.25 Å². The molecule has 0 fully saturated rings. The molecule has 1 unspecified atom stereocenters. The van der Waals surface area contributed by atoms with Crippen molar-refractivity contribution in [3.63, 3.8) is 0 Å². The molecule has 0 saturated heterocycles. The third-order valence-electron chi connectivity index (χ3n) is 3.82. The Morgan fingerprint density at radius 2 is 1.77 bits per heavy atom. The number of nitrogens with two attached hydrogens (primary N) is 1. The molecule has 2 aromatic carbocycles. The van der Waals surface area contributed by atoms with Crippen molar-refractivity contribution in [2.75, 3.05) is 32.1 Å². The highest BCUT2D eigenvalue weighted by atomic mass is 32.2. The summed E-state index contributed by atoms with van der Waals surface area (Å²) in [4.78, 5) is 2.22. The van der Waals surface area contributed by atoms with E-state index in [-0.39, 0.29) is 0 Å². The van der Waals surface area contributed by atoms with E-state index in [1.165, 1.54) is 22.3 Å². The Kier molecular flexibility index (Phi) is 5.92. The fraction of sp³-hybridized carbons (Fsp3) is 0.368. The van der Waals surface area contributed by atoms with Gasteiger partial charge >= 0.3 is 0 Å². The molecule has 0 bridgehead atoms. The van der Waals surface area contributed by atoms with Gasteiger partial charge in [-0.1, -0.05) is 42.0 Å². The second kappa shape index (κ2) is 7.70. The number of nitrogen functional groups attached to an aromatic ring is 1. The van der Waals surface area contributed by atoms with Crippen molar-refractivity contribution in [3.8, 4) is 0 Å². The molecule has 0 heterocycles. The van der Waals surface area contributed by atoms with Crippen LogP contribution in [-0.2, 0) is 0 Å². The molecule has 0 amide bonds. The number of nitrogens with zero attached hydrogens (tertiary/aromatic N) is 1. The van der Waals surface area contributed by atoms with Crippen LogP contribution in [0.1, 0.15) is 27.5 Å². The van der Waals surface area contributed by atoms with Crippen LogP contribution in [0.2, 0.25) is 0 Å². The average Bonchev–Trinajstić information content (AvgIpc) is 2.47. The van der Waals surface area contributed by atoms with Crippen LogP contribution in [0, 0.1) is 13.8 Å². The minimum absolute atomic E-state index is 0.293. The van der Waals surface area contributed by atoms with Gasteiger partial charge in [-0.2, -0.15) is 0 Å². The van der Waals surface area contributed by atoms with E-state index < -0.39 is 0 Å².